The number of benzene rings is 6. The van der Waals surface area contributed by atoms with Crippen molar-refractivity contribution in [2.75, 3.05) is 0 Å². The molecule has 2 heteroatoms. The average molecular weight is 488 g/mol. The highest BCUT2D eigenvalue weighted by Crippen LogP contribution is 2.52. The van der Waals surface area contributed by atoms with Crippen LogP contribution in [0, 0.1) is 0 Å². The summed E-state index contributed by atoms with van der Waals surface area (Å²) in [6.45, 7) is 0. The fraction of sp³-hybridized carbons (Fsp3) is 0. The Balaban J connectivity index is 1.61. The Kier molecular flexibility index (Phi) is 5.39. The van der Waals surface area contributed by atoms with Crippen molar-refractivity contribution in [3.8, 4) is 5.69 Å². The van der Waals surface area contributed by atoms with Gasteiger partial charge in [0.1, 0.15) is 22.7 Å². The Labute approximate surface area is 222 Å². The molecule has 0 N–H and O–H groups in total. The summed E-state index contributed by atoms with van der Waals surface area (Å²) < 4.78 is 2.86. The van der Waals surface area contributed by atoms with Gasteiger partial charge in [-0.3, -0.25) is 0 Å². The van der Waals surface area contributed by atoms with Gasteiger partial charge < -0.3 is 4.57 Å². The second kappa shape index (κ2) is 9.19. The maximum absolute atomic E-state index is 2.39. The molecule has 7 aromatic rings. The normalized spacial score (nSPS) is 11.7. The van der Waals surface area contributed by atoms with Crippen molar-refractivity contribution in [2.24, 2.45) is 0 Å². The number of aromatic nitrogens is 1. The van der Waals surface area contributed by atoms with Crippen LogP contribution in [0.1, 0.15) is 0 Å². The molecular formula is C36H27N2+. The standard InChI is InChI=1S/C36H27N2/c1-5-15-28(16-6-1)37-35-24-14-13-23-33(35)34-27-32(25-26-36(34)37)38(29-17-7-2-8-18-29,30-19-9-3-10-20-30)31-21-11-4-12-22-31/h1-27H/q+1. The van der Waals surface area contributed by atoms with E-state index < -0.39 is 0 Å². The largest absolute Gasteiger partial charge is 0.309 e. The van der Waals surface area contributed by atoms with E-state index in [1.807, 2.05) is 0 Å². The Morgan fingerprint density at radius 3 is 1.34 bits per heavy atom. The van der Waals surface area contributed by atoms with Crippen molar-refractivity contribution in [3.63, 3.8) is 0 Å². The zero-order valence-corrected chi connectivity index (χ0v) is 21.0. The zero-order chi connectivity index (χ0) is 25.4. The lowest BCUT2D eigenvalue weighted by atomic mass is 10.0. The van der Waals surface area contributed by atoms with E-state index >= 15 is 0 Å². The van der Waals surface area contributed by atoms with Crippen LogP contribution in [0.4, 0.5) is 22.7 Å². The molecule has 0 aliphatic carbocycles. The zero-order valence-electron chi connectivity index (χ0n) is 21.0. The van der Waals surface area contributed by atoms with Crippen LogP contribution < -0.4 is 4.48 Å². The van der Waals surface area contributed by atoms with Crippen LogP contribution in [0.25, 0.3) is 27.5 Å². The van der Waals surface area contributed by atoms with Gasteiger partial charge in [0.2, 0.25) is 0 Å². The van der Waals surface area contributed by atoms with Gasteiger partial charge >= 0.3 is 0 Å². The third-order valence-electron chi connectivity index (χ3n) is 7.49. The molecule has 0 radical (unpaired) electrons. The summed E-state index contributed by atoms with van der Waals surface area (Å²) in [4.78, 5) is 0. The molecule has 0 amide bonds. The number of quaternary nitrogens is 1. The molecule has 38 heavy (non-hydrogen) atoms. The van der Waals surface area contributed by atoms with Crippen LogP contribution in [-0.4, -0.2) is 4.57 Å². The van der Waals surface area contributed by atoms with E-state index in [4.69, 9.17) is 0 Å². The van der Waals surface area contributed by atoms with Crippen LogP contribution >= 0.6 is 0 Å². The van der Waals surface area contributed by atoms with Crippen molar-refractivity contribution in [1.82, 2.24) is 9.05 Å². The van der Waals surface area contributed by atoms with Gasteiger partial charge in [-0.1, -0.05) is 91.0 Å². The van der Waals surface area contributed by atoms with Crippen LogP contribution in [0.15, 0.2) is 164 Å². The summed E-state index contributed by atoms with van der Waals surface area (Å²) in [5.41, 5.74) is 8.35. The Hall–Kier alpha value is -4.92. The van der Waals surface area contributed by atoms with E-state index in [0.29, 0.717) is 4.48 Å². The third-order valence-corrected chi connectivity index (χ3v) is 7.49. The number of hydrogen-bond donors (Lipinski definition) is 0. The van der Waals surface area contributed by atoms with Crippen LogP contribution in [-0.2, 0) is 0 Å². The van der Waals surface area contributed by atoms with Gasteiger partial charge in [0.05, 0.1) is 11.0 Å². The predicted molar refractivity (Wildman–Crippen MR) is 161 cm³/mol. The Morgan fingerprint density at radius 1 is 0.342 bits per heavy atom. The highest BCUT2D eigenvalue weighted by atomic mass is 15.4. The molecule has 0 saturated carbocycles. The summed E-state index contributed by atoms with van der Waals surface area (Å²) in [6.07, 6.45) is 0. The van der Waals surface area contributed by atoms with Crippen LogP contribution in [0.2, 0.25) is 0 Å². The van der Waals surface area contributed by atoms with Crippen molar-refractivity contribution in [3.05, 3.63) is 164 Å². The minimum Gasteiger partial charge on any atom is -0.309 e. The van der Waals surface area contributed by atoms with Gasteiger partial charge in [0.15, 0.2) is 0 Å². The maximum Gasteiger partial charge on any atom is 0.148 e. The first-order chi connectivity index (χ1) is 18.9. The van der Waals surface area contributed by atoms with E-state index in [1.54, 1.807) is 0 Å². The molecule has 0 fully saturated rings. The first-order valence-corrected chi connectivity index (χ1v) is 13.0. The molecule has 0 aliphatic heterocycles. The molecule has 6 aromatic carbocycles. The van der Waals surface area contributed by atoms with E-state index in [-0.39, 0.29) is 0 Å². The fourth-order valence-corrected chi connectivity index (χ4v) is 5.87. The van der Waals surface area contributed by atoms with Gasteiger partial charge in [-0.25, -0.2) is 0 Å². The van der Waals surface area contributed by atoms with Gasteiger partial charge in [-0.15, -0.1) is 0 Å². The van der Waals surface area contributed by atoms with Gasteiger partial charge in [-0.2, -0.15) is 4.48 Å². The molecule has 2 nitrogen and oxygen atoms in total. The van der Waals surface area contributed by atoms with Crippen molar-refractivity contribution >= 4 is 44.6 Å². The first-order valence-electron chi connectivity index (χ1n) is 13.0. The lowest BCUT2D eigenvalue weighted by Crippen LogP contribution is -2.33. The van der Waals surface area contributed by atoms with E-state index in [9.17, 15) is 0 Å². The summed E-state index contributed by atoms with van der Waals surface area (Å²) >= 11 is 0. The molecule has 0 unspecified atom stereocenters. The molecule has 0 bridgehead atoms. The van der Waals surface area contributed by atoms with Crippen molar-refractivity contribution in [2.45, 2.75) is 0 Å². The maximum atomic E-state index is 2.39. The van der Waals surface area contributed by atoms with E-state index in [0.717, 1.165) is 0 Å². The molecule has 0 saturated heterocycles. The highest BCUT2D eigenvalue weighted by molar-refractivity contribution is 6.10. The minimum absolute atomic E-state index is 0.489. The van der Waals surface area contributed by atoms with Crippen LogP contribution in [0.5, 0.6) is 0 Å². The van der Waals surface area contributed by atoms with Gasteiger partial charge in [0.25, 0.3) is 0 Å². The predicted octanol–water partition coefficient (Wildman–Crippen LogP) is 10.1. The summed E-state index contributed by atoms with van der Waals surface area (Å²) in [5.74, 6) is 0. The summed E-state index contributed by atoms with van der Waals surface area (Å²) in [6, 6.07) is 58.8. The smallest absolute Gasteiger partial charge is 0.148 e. The van der Waals surface area contributed by atoms with Crippen molar-refractivity contribution < 1.29 is 0 Å². The second-order valence-corrected chi connectivity index (χ2v) is 9.57. The molecular weight excluding hydrogens is 460 g/mol. The molecule has 0 aliphatic rings. The van der Waals surface area contributed by atoms with Crippen LogP contribution in [0.3, 0.4) is 0 Å². The van der Waals surface area contributed by atoms with E-state index in [1.165, 1.54) is 50.2 Å². The Bertz CT molecular complexity index is 1740. The number of hydrogen-bond acceptors (Lipinski definition) is 0. The number of fused-ring (bicyclic) bond motifs is 3. The van der Waals surface area contributed by atoms with Crippen molar-refractivity contribution in [1.29, 1.82) is 0 Å². The highest BCUT2D eigenvalue weighted by Gasteiger charge is 2.39. The monoisotopic (exact) mass is 487 g/mol. The summed E-state index contributed by atoms with van der Waals surface area (Å²) in [5, 5.41) is 2.49. The number of rotatable bonds is 5. The third kappa shape index (κ3) is 3.39. The fourth-order valence-electron chi connectivity index (χ4n) is 5.87. The van der Waals surface area contributed by atoms with E-state index in [2.05, 4.69) is 168 Å². The first kappa shape index (κ1) is 22.3. The summed E-state index contributed by atoms with van der Waals surface area (Å²) in [7, 11) is 0. The molecule has 0 spiro atoms. The molecule has 180 valence electrons. The van der Waals surface area contributed by atoms with Gasteiger partial charge in [0, 0.05) is 65.0 Å². The quantitative estimate of drug-likeness (QED) is 0.213. The lowest BCUT2D eigenvalue weighted by Gasteiger charge is -2.37. The SMILES string of the molecule is c1ccc(-n2c3ccccc3c3cc([N+](c4ccccc4)(c4ccccc4)c4ccccc4)ccc32)cc1. The number of nitrogens with zero attached hydrogens (tertiary/aromatic N) is 2. The number of para-hydroxylation sites is 5. The minimum atomic E-state index is 0.489. The van der Waals surface area contributed by atoms with Gasteiger partial charge in [-0.05, 0) is 24.3 Å². The molecule has 1 heterocycles. The molecule has 7 rings (SSSR count). The Morgan fingerprint density at radius 2 is 0.789 bits per heavy atom. The second-order valence-electron chi connectivity index (χ2n) is 9.57. The lowest BCUT2D eigenvalue weighted by molar-refractivity contribution is 0.705. The topological polar surface area (TPSA) is 4.93 Å². The molecule has 0 atom stereocenters. The average Bonchev–Trinajstić information content (AvgIpc) is 3.34. The molecule has 1 aromatic heterocycles.